The van der Waals surface area contributed by atoms with Gasteiger partial charge in [0.25, 0.3) is 0 Å². The van der Waals surface area contributed by atoms with Gasteiger partial charge in [0, 0.05) is 12.7 Å². The van der Waals surface area contributed by atoms with Crippen LogP contribution >= 0.6 is 0 Å². The quantitative estimate of drug-likeness (QED) is 0.843. The fourth-order valence-corrected chi connectivity index (χ4v) is 3.50. The van der Waals surface area contributed by atoms with Crippen molar-refractivity contribution < 1.29 is 0 Å². The molecule has 0 aliphatic heterocycles. The van der Waals surface area contributed by atoms with Crippen LogP contribution in [0, 0.1) is 5.41 Å². The SMILES string of the molecule is CCCNC(c1ccnn1CC)C1(C)CCCCC1. The minimum absolute atomic E-state index is 0.389. The average molecular weight is 263 g/mol. The number of hydrogen-bond acceptors (Lipinski definition) is 2. The summed E-state index contributed by atoms with van der Waals surface area (Å²) in [6.07, 6.45) is 9.97. The van der Waals surface area contributed by atoms with E-state index in [-0.39, 0.29) is 0 Å². The molecule has 1 aliphatic rings. The van der Waals surface area contributed by atoms with E-state index in [0.717, 1.165) is 13.1 Å². The van der Waals surface area contributed by atoms with E-state index in [1.165, 1.54) is 44.2 Å². The third-order valence-corrected chi connectivity index (χ3v) is 4.64. The van der Waals surface area contributed by atoms with E-state index in [0.29, 0.717) is 11.5 Å². The predicted molar refractivity (Wildman–Crippen MR) is 80.1 cm³/mol. The molecule has 1 aromatic rings. The third kappa shape index (κ3) is 3.19. The molecule has 0 saturated heterocycles. The van der Waals surface area contributed by atoms with Crippen molar-refractivity contribution in [3.8, 4) is 0 Å². The van der Waals surface area contributed by atoms with Crippen LogP contribution in [-0.2, 0) is 6.54 Å². The van der Waals surface area contributed by atoms with E-state index in [2.05, 4.69) is 41.9 Å². The molecule has 0 spiro atoms. The van der Waals surface area contributed by atoms with Gasteiger partial charge in [-0.1, -0.05) is 33.1 Å². The van der Waals surface area contributed by atoms with Crippen LogP contribution in [0.4, 0.5) is 0 Å². The minimum atomic E-state index is 0.389. The number of aryl methyl sites for hydroxylation is 1. The lowest BCUT2D eigenvalue weighted by molar-refractivity contribution is 0.138. The van der Waals surface area contributed by atoms with Crippen molar-refractivity contribution in [1.29, 1.82) is 0 Å². The molecule has 1 saturated carbocycles. The van der Waals surface area contributed by atoms with Crippen molar-refractivity contribution in [1.82, 2.24) is 15.1 Å². The molecule has 2 rings (SSSR count). The molecule has 1 aromatic heterocycles. The molecule has 0 aromatic carbocycles. The maximum atomic E-state index is 4.47. The zero-order valence-electron chi connectivity index (χ0n) is 12.8. The van der Waals surface area contributed by atoms with Crippen molar-refractivity contribution in [3.05, 3.63) is 18.0 Å². The molecular weight excluding hydrogens is 234 g/mol. The van der Waals surface area contributed by atoms with Crippen LogP contribution in [0.5, 0.6) is 0 Å². The van der Waals surface area contributed by atoms with Gasteiger partial charge >= 0.3 is 0 Å². The van der Waals surface area contributed by atoms with Gasteiger partial charge in [-0.15, -0.1) is 0 Å². The van der Waals surface area contributed by atoms with Crippen LogP contribution < -0.4 is 5.32 Å². The molecule has 0 amide bonds. The summed E-state index contributed by atoms with van der Waals surface area (Å²) < 4.78 is 2.16. The Balaban J connectivity index is 2.24. The van der Waals surface area contributed by atoms with Gasteiger partial charge in [-0.3, -0.25) is 4.68 Å². The van der Waals surface area contributed by atoms with E-state index in [1.54, 1.807) is 0 Å². The Morgan fingerprint density at radius 1 is 1.32 bits per heavy atom. The van der Waals surface area contributed by atoms with Crippen molar-refractivity contribution in [2.75, 3.05) is 6.54 Å². The highest BCUT2D eigenvalue weighted by atomic mass is 15.3. The fourth-order valence-electron chi connectivity index (χ4n) is 3.50. The molecule has 0 bridgehead atoms. The first-order valence-electron chi connectivity index (χ1n) is 7.96. The zero-order valence-corrected chi connectivity index (χ0v) is 12.8. The Morgan fingerprint density at radius 3 is 2.68 bits per heavy atom. The summed E-state index contributed by atoms with van der Waals surface area (Å²) in [5, 5.41) is 8.26. The van der Waals surface area contributed by atoms with E-state index in [9.17, 15) is 0 Å². The highest BCUT2D eigenvalue weighted by molar-refractivity contribution is 5.12. The lowest BCUT2D eigenvalue weighted by atomic mass is 9.69. The molecule has 19 heavy (non-hydrogen) atoms. The van der Waals surface area contributed by atoms with Crippen LogP contribution in [-0.4, -0.2) is 16.3 Å². The second-order valence-electron chi connectivity index (χ2n) is 6.17. The smallest absolute Gasteiger partial charge is 0.0559 e. The monoisotopic (exact) mass is 263 g/mol. The Kier molecular flexibility index (Phi) is 5.03. The van der Waals surface area contributed by atoms with E-state index < -0.39 is 0 Å². The summed E-state index contributed by atoms with van der Waals surface area (Å²) in [5.74, 6) is 0. The Bertz CT molecular complexity index is 377. The lowest BCUT2D eigenvalue weighted by Crippen LogP contribution is -2.39. The number of hydrogen-bond donors (Lipinski definition) is 1. The maximum absolute atomic E-state index is 4.47. The van der Waals surface area contributed by atoms with Gasteiger partial charge < -0.3 is 5.32 Å². The summed E-state index contributed by atoms with van der Waals surface area (Å²) in [6, 6.07) is 2.66. The standard InChI is InChI=1S/C16H29N3/c1-4-12-17-15(14-9-13-18-19(14)5-2)16(3)10-7-6-8-11-16/h9,13,15,17H,4-8,10-12H2,1-3H3. The molecule has 1 atom stereocenters. The molecule has 1 unspecified atom stereocenters. The minimum Gasteiger partial charge on any atom is -0.308 e. The van der Waals surface area contributed by atoms with E-state index in [4.69, 9.17) is 0 Å². The average Bonchev–Trinajstić information content (AvgIpc) is 2.88. The van der Waals surface area contributed by atoms with Gasteiger partial charge in [0.05, 0.1) is 11.7 Å². The van der Waals surface area contributed by atoms with Crippen LogP contribution in [0.1, 0.15) is 71.0 Å². The summed E-state index contributed by atoms with van der Waals surface area (Å²) in [6.45, 7) is 8.94. The van der Waals surface area contributed by atoms with Gasteiger partial charge in [0.15, 0.2) is 0 Å². The molecule has 0 radical (unpaired) electrons. The van der Waals surface area contributed by atoms with Gasteiger partial charge in [-0.25, -0.2) is 0 Å². The third-order valence-electron chi connectivity index (χ3n) is 4.64. The molecule has 3 heteroatoms. The summed E-state index contributed by atoms with van der Waals surface area (Å²) in [5.41, 5.74) is 1.76. The molecule has 1 fully saturated rings. The van der Waals surface area contributed by atoms with Crippen LogP contribution in [0.15, 0.2) is 12.3 Å². The maximum Gasteiger partial charge on any atom is 0.0559 e. The first kappa shape index (κ1) is 14.6. The fraction of sp³-hybridized carbons (Fsp3) is 0.812. The predicted octanol–water partition coefficient (Wildman–Crippen LogP) is 3.91. The molecular formula is C16H29N3. The van der Waals surface area contributed by atoms with Gasteiger partial charge in [-0.05, 0) is 44.2 Å². The summed E-state index contributed by atoms with van der Waals surface area (Å²) >= 11 is 0. The summed E-state index contributed by atoms with van der Waals surface area (Å²) in [7, 11) is 0. The first-order chi connectivity index (χ1) is 9.21. The molecule has 1 aliphatic carbocycles. The number of aromatic nitrogens is 2. The first-order valence-corrected chi connectivity index (χ1v) is 7.96. The van der Waals surface area contributed by atoms with Crippen molar-refractivity contribution in [2.24, 2.45) is 5.41 Å². The summed E-state index contributed by atoms with van der Waals surface area (Å²) in [4.78, 5) is 0. The van der Waals surface area contributed by atoms with Crippen LogP contribution in [0.2, 0.25) is 0 Å². The van der Waals surface area contributed by atoms with Gasteiger partial charge in [0.2, 0.25) is 0 Å². The Hall–Kier alpha value is -0.830. The van der Waals surface area contributed by atoms with Crippen LogP contribution in [0.25, 0.3) is 0 Å². The number of nitrogens with one attached hydrogen (secondary N) is 1. The molecule has 108 valence electrons. The zero-order chi connectivity index (χ0) is 13.7. The van der Waals surface area contributed by atoms with E-state index >= 15 is 0 Å². The van der Waals surface area contributed by atoms with Crippen molar-refractivity contribution in [3.63, 3.8) is 0 Å². The second-order valence-corrected chi connectivity index (χ2v) is 6.17. The molecule has 3 nitrogen and oxygen atoms in total. The topological polar surface area (TPSA) is 29.9 Å². The van der Waals surface area contributed by atoms with Crippen molar-refractivity contribution in [2.45, 2.75) is 71.9 Å². The van der Waals surface area contributed by atoms with Crippen LogP contribution in [0.3, 0.4) is 0 Å². The second kappa shape index (κ2) is 6.56. The Morgan fingerprint density at radius 2 is 2.05 bits per heavy atom. The van der Waals surface area contributed by atoms with Gasteiger partial charge in [0.1, 0.15) is 0 Å². The number of rotatable bonds is 6. The van der Waals surface area contributed by atoms with Gasteiger partial charge in [-0.2, -0.15) is 5.10 Å². The Labute approximate surface area is 117 Å². The largest absolute Gasteiger partial charge is 0.308 e. The molecule has 1 heterocycles. The van der Waals surface area contributed by atoms with Crippen molar-refractivity contribution >= 4 is 0 Å². The highest BCUT2D eigenvalue weighted by Crippen LogP contribution is 2.45. The number of nitrogens with zero attached hydrogens (tertiary/aromatic N) is 2. The normalized spacial score (nSPS) is 20.4. The lowest BCUT2D eigenvalue weighted by Gasteiger charge is -2.41. The highest BCUT2D eigenvalue weighted by Gasteiger charge is 2.37. The van der Waals surface area contributed by atoms with E-state index in [1.807, 2.05) is 6.20 Å². The molecule has 1 N–H and O–H groups in total.